The fraction of sp³-hybridized carbons (Fsp3) is 0.304. The van der Waals surface area contributed by atoms with Crippen LogP contribution in [-0.4, -0.2) is 35.5 Å². The zero-order valence-electron chi connectivity index (χ0n) is 16.2. The second-order valence-electron chi connectivity index (χ2n) is 7.15. The third kappa shape index (κ3) is 3.80. The van der Waals surface area contributed by atoms with E-state index in [0.717, 1.165) is 52.7 Å². The molecule has 1 aliphatic heterocycles. The first-order valence-corrected chi connectivity index (χ1v) is 10.4. The van der Waals surface area contributed by atoms with E-state index in [1.165, 1.54) is 16.9 Å². The molecule has 1 amide bonds. The van der Waals surface area contributed by atoms with Crippen LogP contribution in [-0.2, 0) is 6.42 Å². The molecular weight excluding hydrogens is 368 g/mol. The number of hydrogen-bond acceptors (Lipinski definition) is 4. The van der Waals surface area contributed by atoms with Gasteiger partial charge in [0.1, 0.15) is 15.6 Å². The molecule has 2 heterocycles. The number of hydrogen-bond donors (Lipinski definition) is 0. The normalized spacial score (nSPS) is 16.4. The SMILES string of the molecule is COc1ccc(-c2nc(C)c(C(=O)N3CCC[C@H]3Cc3ccccc3)s2)cc1. The topological polar surface area (TPSA) is 42.4 Å². The van der Waals surface area contributed by atoms with E-state index in [9.17, 15) is 4.79 Å². The van der Waals surface area contributed by atoms with Crippen LogP contribution in [0.5, 0.6) is 5.75 Å². The number of ether oxygens (including phenoxy) is 1. The number of likely N-dealkylation sites (tertiary alicyclic amines) is 1. The van der Waals surface area contributed by atoms with E-state index in [4.69, 9.17) is 4.74 Å². The molecule has 5 heteroatoms. The van der Waals surface area contributed by atoms with Crippen LogP contribution >= 0.6 is 11.3 Å². The summed E-state index contributed by atoms with van der Waals surface area (Å²) in [6.07, 6.45) is 3.03. The summed E-state index contributed by atoms with van der Waals surface area (Å²) in [6, 6.07) is 18.5. The Hall–Kier alpha value is -2.66. The molecule has 1 saturated heterocycles. The lowest BCUT2D eigenvalue weighted by atomic mass is 10.0. The Morgan fingerprint density at radius 2 is 1.93 bits per heavy atom. The van der Waals surface area contributed by atoms with Crippen molar-refractivity contribution in [3.05, 3.63) is 70.7 Å². The van der Waals surface area contributed by atoms with Gasteiger partial charge in [0.25, 0.3) is 5.91 Å². The van der Waals surface area contributed by atoms with Gasteiger partial charge in [0.05, 0.1) is 12.8 Å². The van der Waals surface area contributed by atoms with Gasteiger partial charge >= 0.3 is 0 Å². The van der Waals surface area contributed by atoms with Crippen LogP contribution in [0.25, 0.3) is 10.6 Å². The second-order valence-corrected chi connectivity index (χ2v) is 8.15. The molecule has 4 nitrogen and oxygen atoms in total. The zero-order chi connectivity index (χ0) is 19.5. The quantitative estimate of drug-likeness (QED) is 0.615. The number of amides is 1. The van der Waals surface area contributed by atoms with Crippen LogP contribution in [0.15, 0.2) is 54.6 Å². The van der Waals surface area contributed by atoms with E-state index < -0.39 is 0 Å². The monoisotopic (exact) mass is 392 g/mol. The summed E-state index contributed by atoms with van der Waals surface area (Å²) in [4.78, 5) is 20.8. The molecule has 0 N–H and O–H groups in total. The lowest BCUT2D eigenvalue weighted by Crippen LogP contribution is -2.36. The summed E-state index contributed by atoms with van der Waals surface area (Å²) in [7, 11) is 1.65. The minimum Gasteiger partial charge on any atom is -0.497 e. The van der Waals surface area contributed by atoms with Crippen molar-refractivity contribution in [3.63, 3.8) is 0 Å². The minimum atomic E-state index is 0.119. The maximum absolute atomic E-state index is 13.3. The molecule has 0 radical (unpaired) electrons. The Balaban J connectivity index is 1.54. The molecule has 1 atom stereocenters. The molecule has 0 saturated carbocycles. The van der Waals surface area contributed by atoms with E-state index in [1.807, 2.05) is 42.2 Å². The van der Waals surface area contributed by atoms with Gasteiger partial charge in [0.15, 0.2) is 0 Å². The van der Waals surface area contributed by atoms with Gasteiger partial charge in [-0.15, -0.1) is 11.3 Å². The summed E-state index contributed by atoms with van der Waals surface area (Å²) < 4.78 is 5.22. The number of rotatable bonds is 5. The van der Waals surface area contributed by atoms with Crippen LogP contribution in [0.1, 0.15) is 33.8 Å². The Bertz CT molecular complexity index is 950. The maximum Gasteiger partial charge on any atom is 0.266 e. The van der Waals surface area contributed by atoms with Crippen LogP contribution in [0.4, 0.5) is 0 Å². The molecule has 1 fully saturated rings. The fourth-order valence-corrected chi connectivity index (χ4v) is 4.81. The average Bonchev–Trinajstić information content (AvgIpc) is 3.35. The molecule has 144 valence electrons. The third-order valence-corrected chi connectivity index (χ3v) is 6.47. The maximum atomic E-state index is 13.3. The van der Waals surface area contributed by atoms with E-state index in [1.54, 1.807) is 7.11 Å². The van der Waals surface area contributed by atoms with Crippen molar-refractivity contribution in [1.29, 1.82) is 0 Å². The highest BCUT2D eigenvalue weighted by Gasteiger charge is 2.31. The molecule has 28 heavy (non-hydrogen) atoms. The molecule has 0 unspecified atom stereocenters. The summed E-state index contributed by atoms with van der Waals surface area (Å²) in [5.41, 5.74) is 3.11. The van der Waals surface area contributed by atoms with Gasteiger partial charge in [-0.25, -0.2) is 4.98 Å². The van der Waals surface area contributed by atoms with Crippen molar-refractivity contribution in [1.82, 2.24) is 9.88 Å². The van der Waals surface area contributed by atoms with E-state index in [-0.39, 0.29) is 11.9 Å². The van der Waals surface area contributed by atoms with Crippen molar-refractivity contribution < 1.29 is 9.53 Å². The van der Waals surface area contributed by atoms with Gasteiger partial charge in [-0.1, -0.05) is 30.3 Å². The predicted octanol–water partition coefficient (Wildman–Crippen LogP) is 4.97. The molecule has 1 aliphatic rings. The smallest absolute Gasteiger partial charge is 0.266 e. The Morgan fingerprint density at radius 1 is 1.18 bits per heavy atom. The van der Waals surface area contributed by atoms with Gasteiger partial charge in [-0.2, -0.15) is 0 Å². The third-order valence-electron chi connectivity index (χ3n) is 5.28. The molecule has 0 spiro atoms. The molecule has 1 aromatic heterocycles. The van der Waals surface area contributed by atoms with Crippen molar-refractivity contribution in [2.24, 2.45) is 0 Å². The number of carbonyl (C=O) groups is 1. The number of nitrogens with zero attached hydrogens (tertiary/aromatic N) is 2. The van der Waals surface area contributed by atoms with Crippen molar-refractivity contribution in [2.75, 3.05) is 13.7 Å². The number of aryl methyl sites for hydroxylation is 1. The lowest BCUT2D eigenvalue weighted by Gasteiger charge is -2.24. The van der Waals surface area contributed by atoms with Crippen LogP contribution < -0.4 is 4.74 Å². The number of thiazole rings is 1. The number of benzene rings is 2. The van der Waals surface area contributed by atoms with Gasteiger partial charge in [-0.3, -0.25) is 4.79 Å². The standard InChI is InChI=1S/C23H24N2O2S/c1-16-21(28-22(24-16)18-10-12-20(27-2)13-11-18)23(26)25-14-6-9-19(25)15-17-7-4-3-5-8-17/h3-5,7-8,10-13,19H,6,9,14-15H2,1-2H3/t19-/m0/s1. The van der Waals surface area contributed by atoms with E-state index in [2.05, 4.69) is 29.2 Å². The van der Waals surface area contributed by atoms with Crippen LogP contribution in [0, 0.1) is 6.92 Å². The van der Waals surface area contributed by atoms with Crippen molar-refractivity contribution in [2.45, 2.75) is 32.2 Å². The summed E-state index contributed by atoms with van der Waals surface area (Å²) in [5.74, 6) is 0.933. The minimum absolute atomic E-state index is 0.119. The Kier molecular flexibility index (Phi) is 5.44. The van der Waals surface area contributed by atoms with E-state index >= 15 is 0 Å². The Labute approximate surface area is 169 Å². The first-order valence-electron chi connectivity index (χ1n) is 9.62. The van der Waals surface area contributed by atoms with Gasteiger partial charge in [0, 0.05) is 18.2 Å². The molecule has 2 aromatic carbocycles. The average molecular weight is 393 g/mol. The van der Waals surface area contributed by atoms with Crippen molar-refractivity contribution in [3.8, 4) is 16.3 Å². The second kappa shape index (κ2) is 8.15. The lowest BCUT2D eigenvalue weighted by molar-refractivity contribution is 0.0740. The largest absolute Gasteiger partial charge is 0.497 e. The molecular formula is C23H24N2O2S. The number of methoxy groups -OCH3 is 1. The summed E-state index contributed by atoms with van der Waals surface area (Å²) >= 11 is 1.49. The highest BCUT2D eigenvalue weighted by molar-refractivity contribution is 7.17. The number of aromatic nitrogens is 1. The highest BCUT2D eigenvalue weighted by Crippen LogP contribution is 2.32. The number of carbonyl (C=O) groups excluding carboxylic acids is 1. The van der Waals surface area contributed by atoms with Crippen LogP contribution in [0.2, 0.25) is 0 Å². The fourth-order valence-electron chi connectivity index (χ4n) is 3.78. The first kappa shape index (κ1) is 18.7. The predicted molar refractivity (Wildman–Crippen MR) is 113 cm³/mol. The van der Waals surface area contributed by atoms with Gasteiger partial charge in [-0.05, 0) is 56.0 Å². The summed E-state index contributed by atoms with van der Waals surface area (Å²) in [6.45, 7) is 2.75. The molecule has 0 bridgehead atoms. The highest BCUT2D eigenvalue weighted by atomic mass is 32.1. The summed E-state index contributed by atoms with van der Waals surface area (Å²) in [5, 5.41) is 0.877. The van der Waals surface area contributed by atoms with Gasteiger partial charge < -0.3 is 9.64 Å². The van der Waals surface area contributed by atoms with E-state index in [0.29, 0.717) is 0 Å². The van der Waals surface area contributed by atoms with Crippen LogP contribution in [0.3, 0.4) is 0 Å². The van der Waals surface area contributed by atoms with Gasteiger partial charge in [0.2, 0.25) is 0 Å². The van der Waals surface area contributed by atoms with Crippen molar-refractivity contribution >= 4 is 17.2 Å². The zero-order valence-corrected chi connectivity index (χ0v) is 17.0. The molecule has 4 rings (SSSR count). The first-order chi connectivity index (χ1) is 13.7. The molecule has 3 aromatic rings. The molecule has 0 aliphatic carbocycles. The Morgan fingerprint density at radius 3 is 2.64 bits per heavy atom.